The Labute approximate surface area is 155 Å². The monoisotopic (exact) mass is 359 g/mol. The van der Waals surface area contributed by atoms with Gasteiger partial charge in [-0.05, 0) is 55.6 Å². The average Bonchev–Trinajstić information content (AvgIpc) is 2.93. The lowest BCUT2D eigenvalue weighted by Crippen LogP contribution is -2.55. The Kier molecular flexibility index (Phi) is 4.86. The van der Waals surface area contributed by atoms with Crippen molar-refractivity contribution in [2.75, 3.05) is 6.61 Å². The zero-order valence-corrected chi connectivity index (χ0v) is 16.1. The second-order valence-electron chi connectivity index (χ2n) is 8.74. The Morgan fingerprint density at radius 2 is 1.81 bits per heavy atom. The molecule has 1 spiro atoms. The van der Waals surface area contributed by atoms with Crippen LogP contribution in [0.3, 0.4) is 0 Å². The van der Waals surface area contributed by atoms with Gasteiger partial charge in [0.15, 0.2) is 6.04 Å². The zero-order valence-electron chi connectivity index (χ0n) is 16.1. The third kappa shape index (κ3) is 3.25. The zero-order chi connectivity index (χ0) is 19.1. The van der Waals surface area contributed by atoms with Crippen LogP contribution in [0.4, 0.5) is 0 Å². The quantitative estimate of drug-likeness (QED) is 0.871. The van der Waals surface area contributed by atoms with Gasteiger partial charge in [-0.15, -0.1) is 0 Å². The number of benzene rings is 1. The number of amides is 1. The van der Waals surface area contributed by atoms with Gasteiger partial charge < -0.3 is 9.84 Å². The van der Waals surface area contributed by atoms with Crippen LogP contribution in [-0.2, 0) is 9.53 Å². The highest BCUT2D eigenvalue weighted by atomic mass is 16.5. The number of hydrogen-bond acceptors (Lipinski definition) is 3. The number of aliphatic carboxylic acids is 1. The second-order valence-corrected chi connectivity index (χ2v) is 8.74. The summed E-state index contributed by atoms with van der Waals surface area (Å²) in [6, 6.07) is 6.42. The van der Waals surface area contributed by atoms with E-state index in [1.807, 2.05) is 25.1 Å². The van der Waals surface area contributed by atoms with E-state index in [0.717, 1.165) is 18.4 Å². The number of rotatable bonds is 2. The first kappa shape index (κ1) is 18.9. The first-order valence-corrected chi connectivity index (χ1v) is 9.42. The summed E-state index contributed by atoms with van der Waals surface area (Å²) >= 11 is 0. The van der Waals surface area contributed by atoms with E-state index in [1.54, 1.807) is 6.07 Å². The highest BCUT2D eigenvalue weighted by Gasteiger charge is 2.54. The summed E-state index contributed by atoms with van der Waals surface area (Å²) in [5.41, 5.74) is 0.829. The molecule has 1 saturated heterocycles. The number of carboxylic acids is 1. The molecular formula is C21H29NO4. The lowest BCUT2D eigenvalue weighted by molar-refractivity contribution is -0.144. The standard InChI is InChI=1S/C21H29NO4/c1-14-7-5-6-8-16(14)18(23)22-17(19(24)25)13-26-21(22)11-9-15(10-12-21)20(2,3)4/h5-8,15,17H,9-13H2,1-4H3,(H,24,25)/t15?,17-,21?/m0/s1. The molecule has 1 aromatic rings. The molecule has 1 N–H and O–H groups in total. The van der Waals surface area contributed by atoms with Crippen molar-refractivity contribution in [1.29, 1.82) is 0 Å². The maximum absolute atomic E-state index is 13.3. The highest BCUT2D eigenvalue weighted by molar-refractivity contribution is 5.98. The Bertz CT molecular complexity index is 698. The molecule has 1 saturated carbocycles. The summed E-state index contributed by atoms with van der Waals surface area (Å²) in [5.74, 6) is -0.681. The van der Waals surface area contributed by atoms with Crippen molar-refractivity contribution in [3.8, 4) is 0 Å². The average molecular weight is 359 g/mol. The molecule has 2 aliphatic rings. The molecular weight excluding hydrogens is 330 g/mol. The summed E-state index contributed by atoms with van der Waals surface area (Å²) < 4.78 is 6.04. The van der Waals surface area contributed by atoms with Crippen LogP contribution in [0.25, 0.3) is 0 Å². The van der Waals surface area contributed by atoms with Crippen LogP contribution in [0.15, 0.2) is 24.3 Å². The van der Waals surface area contributed by atoms with Gasteiger partial charge in [0.25, 0.3) is 5.91 Å². The fourth-order valence-electron chi connectivity index (χ4n) is 4.43. The van der Waals surface area contributed by atoms with Gasteiger partial charge in [0.2, 0.25) is 0 Å². The summed E-state index contributed by atoms with van der Waals surface area (Å²) in [6.45, 7) is 8.65. The van der Waals surface area contributed by atoms with Gasteiger partial charge in [0, 0.05) is 5.56 Å². The molecule has 142 valence electrons. The Morgan fingerprint density at radius 3 is 2.35 bits per heavy atom. The topological polar surface area (TPSA) is 66.8 Å². The van der Waals surface area contributed by atoms with Crippen molar-refractivity contribution < 1.29 is 19.4 Å². The summed E-state index contributed by atoms with van der Waals surface area (Å²) in [4.78, 5) is 26.6. The van der Waals surface area contributed by atoms with Crippen LogP contribution < -0.4 is 0 Å². The Morgan fingerprint density at radius 1 is 1.19 bits per heavy atom. The van der Waals surface area contributed by atoms with Crippen molar-refractivity contribution in [2.45, 2.75) is 65.1 Å². The van der Waals surface area contributed by atoms with Gasteiger partial charge in [-0.3, -0.25) is 9.69 Å². The van der Waals surface area contributed by atoms with Crippen LogP contribution in [0.5, 0.6) is 0 Å². The number of carbonyl (C=O) groups is 2. The molecule has 0 aromatic heterocycles. The smallest absolute Gasteiger partial charge is 0.328 e. The van der Waals surface area contributed by atoms with Crippen molar-refractivity contribution in [3.63, 3.8) is 0 Å². The molecule has 1 heterocycles. The van der Waals surface area contributed by atoms with Gasteiger partial charge in [0.05, 0.1) is 6.61 Å². The van der Waals surface area contributed by atoms with Gasteiger partial charge in [-0.2, -0.15) is 0 Å². The van der Waals surface area contributed by atoms with E-state index >= 15 is 0 Å². The summed E-state index contributed by atoms with van der Waals surface area (Å²) in [5, 5.41) is 9.67. The number of nitrogens with zero attached hydrogens (tertiary/aromatic N) is 1. The SMILES string of the molecule is Cc1ccccc1C(=O)N1[C@H](C(=O)O)COC12CCC(C(C)(C)C)CC2. The lowest BCUT2D eigenvalue weighted by Gasteiger charge is -2.46. The molecule has 1 aliphatic heterocycles. The Hall–Kier alpha value is -1.88. The molecule has 1 amide bonds. The third-order valence-electron chi connectivity index (χ3n) is 6.13. The summed E-state index contributed by atoms with van der Waals surface area (Å²) in [7, 11) is 0. The fourth-order valence-corrected chi connectivity index (χ4v) is 4.43. The van der Waals surface area contributed by atoms with Gasteiger partial charge in [0.1, 0.15) is 5.72 Å². The predicted octanol–water partition coefficient (Wildman–Crippen LogP) is 3.85. The van der Waals surface area contributed by atoms with Crippen molar-refractivity contribution >= 4 is 11.9 Å². The van der Waals surface area contributed by atoms with Crippen LogP contribution in [-0.4, -0.2) is 40.3 Å². The van der Waals surface area contributed by atoms with Crippen LogP contribution in [0.2, 0.25) is 0 Å². The number of carboxylic acid groups (broad SMARTS) is 1. The molecule has 0 radical (unpaired) electrons. The number of aryl methyl sites for hydroxylation is 1. The molecule has 0 bridgehead atoms. The van der Waals surface area contributed by atoms with E-state index in [9.17, 15) is 14.7 Å². The number of hydrogen-bond donors (Lipinski definition) is 1. The van der Waals surface area contributed by atoms with E-state index in [4.69, 9.17) is 4.74 Å². The highest BCUT2D eigenvalue weighted by Crippen LogP contribution is 2.47. The van der Waals surface area contributed by atoms with Crippen molar-refractivity contribution in [3.05, 3.63) is 35.4 Å². The minimum absolute atomic E-state index is 0.0626. The van der Waals surface area contributed by atoms with E-state index in [-0.39, 0.29) is 17.9 Å². The number of carbonyl (C=O) groups excluding carboxylic acids is 1. The molecule has 0 unspecified atom stereocenters. The second kappa shape index (κ2) is 6.69. The van der Waals surface area contributed by atoms with E-state index in [1.165, 1.54) is 4.90 Å². The normalized spacial score (nSPS) is 29.2. The van der Waals surface area contributed by atoms with E-state index in [0.29, 0.717) is 24.3 Å². The lowest BCUT2D eigenvalue weighted by atomic mass is 9.70. The molecule has 1 atom stereocenters. The van der Waals surface area contributed by atoms with Crippen LogP contribution in [0.1, 0.15) is 62.4 Å². The number of ether oxygens (including phenoxy) is 1. The van der Waals surface area contributed by atoms with Crippen molar-refractivity contribution in [2.24, 2.45) is 11.3 Å². The molecule has 2 fully saturated rings. The Balaban J connectivity index is 1.92. The molecule has 5 heteroatoms. The van der Waals surface area contributed by atoms with Gasteiger partial charge in [-0.1, -0.05) is 39.0 Å². The molecule has 3 rings (SSSR count). The van der Waals surface area contributed by atoms with Crippen molar-refractivity contribution in [1.82, 2.24) is 4.90 Å². The van der Waals surface area contributed by atoms with E-state index < -0.39 is 17.7 Å². The first-order chi connectivity index (χ1) is 12.2. The molecule has 1 aromatic carbocycles. The molecule has 1 aliphatic carbocycles. The van der Waals surface area contributed by atoms with Gasteiger partial charge in [-0.25, -0.2) is 4.79 Å². The minimum Gasteiger partial charge on any atom is -0.480 e. The fraction of sp³-hybridized carbons (Fsp3) is 0.619. The third-order valence-corrected chi connectivity index (χ3v) is 6.13. The van der Waals surface area contributed by atoms with Crippen LogP contribution >= 0.6 is 0 Å². The molecule has 5 nitrogen and oxygen atoms in total. The maximum atomic E-state index is 13.3. The largest absolute Gasteiger partial charge is 0.480 e. The maximum Gasteiger partial charge on any atom is 0.328 e. The minimum atomic E-state index is -0.998. The first-order valence-electron chi connectivity index (χ1n) is 9.42. The molecule has 26 heavy (non-hydrogen) atoms. The predicted molar refractivity (Wildman–Crippen MR) is 98.9 cm³/mol. The summed E-state index contributed by atoms with van der Waals surface area (Å²) in [6.07, 6.45) is 3.26. The van der Waals surface area contributed by atoms with Gasteiger partial charge >= 0.3 is 5.97 Å². The van der Waals surface area contributed by atoms with Crippen LogP contribution in [0, 0.1) is 18.3 Å². The van der Waals surface area contributed by atoms with E-state index in [2.05, 4.69) is 20.8 Å².